The molecule has 3 aromatic heterocycles. The van der Waals surface area contributed by atoms with E-state index in [0.717, 1.165) is 84.7 Å². The molecule has 0 spiro atoms. The minimum atomic E-state index is 0.184. The third kappa shape index (κ3) is 3.90. The van der Waals surface area contributed by atoms with Crippen molar-refractivity contribution >= 4 is 33.8 Å². The number of nitrogens with one attached hydrogen (secondary N) is 2. The van der Waals surface area contributed by atoms with Gasteiger partial charge in [-0.2, -0.15) is 15.2 Å². The van der Waals surface area contributed by atoms with Crippen LogP contribution < -0.4 is 5.32 Å². The Morgan fingerprint density at radius 1 is 1.09 bits per heavy atom. The molecule has 6 rings (SSSR count). The lowest BCUT2D eigenvalue weighted by Crippen LogP contribution is -2.37. The molecule has 1 amide bonds. The van der Waals surface area contributed by atoms with Gasteiger partial charge in [0.05, 0.1) is 11.7 Å². The number of carbonyl (C=O) groups is 1. The molecule has 1 saturated heterocycles. The fourth-order valence-electron chi connectivity index (χ4n) is 5.23. The first kappa shape index (κ1) is 20.1. The Morgan fingerprint density at radius 2 is 1.94 bits per heavy atom. The number of carbonyl (C=O) groups excluding carboxylic acids is 1. The lowest BCUT2D eigenvalue weighted by molar-refractivity contribution is -0.135. The molecule has 2 aliphatic rings. The van der Waals surface area contributed by atoms with Crippen LogP contribution in [0.4, 0.5) is 5.95 Å². The standard InChI is InChI=1S/C25H27N7O/c33-24(32-11-1-2-12-32)16-3-6-19(7-4-16)29-25-27-15-21-20(14-26-23(21)30-25)17-5-8-22-18(13-17)9-10-28-31-22/h5,8-10,13-16,19H,1-4,6-7,11-12H2,(H2,26,27,29,30)/t16-,19+. The molecule has 1 aliphatic heterocycles. The third-order valence-corrected chi connectivity index (χ3v) is 7.08. The largest absolute Gasteiger partial charge is 0.351 e. The van der Waals surface area contributed by atoms with Crippen LogP contribution in [-0.2, 0) is 4.79 Å². The predicted octanol–water partition coefficient (Wildman–Crippen LogP) is 4.16. The van der Waals surface area contributed by atoms with Gasteiger partial charge in [-0.15, -0.1) is 0 Å². The van der Waals surface area contributed by atoms with Gasteiger partial charge in [-0.05, 0) is 62.3 Å². The van der Waals surface area contributed by atoms with E-state index in [2.05, 4.69) is 36.4 Å². The second-order valence-electron chi connectivity index (χ2n) is 9.19. The first-order valence-electron chi connectivity index (χ1n) is 11.9. The second kappa shape index (κ2) is 8.42. The monoisotopic (exact) mass is 441 g/mol. The SMILES string of the molecule is O=C([C@H]1CC[C@@H](Nc2ncc3c(-c4ccc5nnccc5c4)c[nH]c3n2)CC1)N1CCCC1. The van der Waals surface area contributed by atoms with Crippen LogP contribution in [0.3, 0.4) is 0 Å². The fourth-order valence-corrected chi connectivity index (χ4v) is 5.23. The molecule has 168 valence electrons. The number of amides is 1. The van der Waals surface area contributed by atoms with Crippen molar-refractivity contribution in [2.75, 3.05) is 18.4 Å². The van der Waals surface area contributed by atoms with E-state index in [0.29, 0.717) is 17.9 Å². The van der Waals surface area contributed by atoms with E-state index in [1.54, 1.807) is 6.20 Å². The Morgan fingerprint density at radius 3 is 2.79 bits per heavy atom. The second-order valence-corrected chi connectivity index (χ2v) is 9.19. The molecule has 1 aliphatic carbocycles. The average Bonchev–Trinajstić information content (AvgIpc) is 3.54. The van der Waals surface area contributed by atoms with Gasteiger partial charge in [0.15, 0.2) is 0 Å². The molecule has 4 aromatic rings. The minimum Gasteiger partial charge on any atom is -0.351 e. The maximum absolute atomic E-state index is 12.7. The van der Waals surface area contributed by atoms with E-state index in [1.807, 2.05) is 30.6 Å². The highest BCUT2D eigenvalue weighted by molar-refractivity contribution is 5.96. The highest BCUT2D eigenvalue weighted by atomic mass is 16.2. The third-order valence-electron chi connectivity index (χ3n) is 7.08. The number of anilines is 1. The van der Waals surface area contributed by atoms with Gasteiger partial charge >= 0.3 is 0 Å². The lowest BCUT2D eigenvalue weighted by atomic mass is 9.85. The van der Waals surface area contributed by atoms with Crippen molar-refractivity contribution < 1.29 is 4.79 Å². The highest BCUT2D eigenvalue weighted by Gasteiger charge is 2.30. The summed E-state index contributed by atoms with van der Waals surface area (Å²) < 4.78 is 0. The zero-order valence-electron chi connectivity index (χ0n) is 18.5. The zero-order valence-corrected chi connectivity index (χ0v) is 18.5. The van der Waals surface area contributed by atoms with Gasteiger partial charge in [0.2, 0.25) is 11.9 Å². The number of likely N-dealkylation sites (tertiary alicyclic amines) is 1. The van der Waals surface area contributed by atoms with E-state index in [4.69, 9.17) is 4.98 Å². The van der Waals surface area contributed by atoms with Crippen molar-refractivity contribution in [3.8, 4) is 11.1 Å². The van der Waals surface area contributed by atoms with Gasteiger partial charge in [-0.3, -0.25) is 4.79 Å². The minimum absolute atomic E-state index is 0.184. The van der Waals surface area contributed by atoms with E-state index in [-0.39, 0.29) is 5.92 Å². The van der Waals surface area contributed by atoms with Crippen LogP contribution in [0.25, 0.3) is 33.1 Å². The summed E-state index contributed by atoms with van der Waals surface area (Å²) in [5.41, 5.74) is 3.84. The summed E-state index contributed by atoms with van der Waals surface area (Å²) >= 11 is 0. The van der Waals surface area contributed by atoms with E-state index in [9.17, 15) is 4.79 Å². The predicted molar refractivity (Wildman–Crippen MR) is 128 cm³/mol. The first-order valence-corrected chi connectivity index (χ1v) is 11.9. The van der Waals surface area contributed by atoms with Crippen molar-refractivity contribution in [3.05, 3.63) is 42.9 Å². The molecule has 33 heavy (non-hydrogen) atoms. The number of benzene rings is 1. The Kier molecular flexibility index (Phi) is 5.13. The van der Waals surface area contributed by atoms with E-state index in [1.165, 1.54) is 0 Å². The van der Waals surface area contributed by atoms with Crippen LogP contribution in [0, 0.1) is 5.92 Å². The van der Waals surface area contributed by atoms with Gasteiger partial charge in [-0.25, -0.2) is 4.98 Å². The van der Waals surface area contributed by atoms with E-state index < -0.39 is 0 Å². The molecule has 1 aromatic carbocycles. The highest BCUT2D eigenvalue weighted by Crippen LogP contribution is 2.31. The van der Waals surface area contributed by atoms with Gasteiger partial charge in [0.1, 0.15) is 5.65 Å². The maximum atomic E-state index is 12.7. The van der Waals surface area contributed by atoms with Crippen LogP contribution in [0.1, 0.15) is 38.5 Å². The van der Waals surface area contributed by atoms with Crippen LogP contribution >= 0.6 is 0 Å². The number of hydrogen-bond donors (Lipinski definition) is 2. The molecule has 8 nitrogen and oxygen atoms in total. The Balaban J connectivity index is 1.14. The summed E-state index contributed by atoms with van der Waals surface area (Å²) in [6, 6.07) is 8.42. The summed E-state index contributed by atoms with van der Waals surface area (Å²) in [7, 11) is 0. The molecule has 4 heterocycles. The smallest absolute Gasteiger partial charge is 0.225 e. The number of hydrogen-bond acceptors (Lipinski definition) is 6. The van der Waals surface area contributed by atoms with Crippen LogP contribution in [0.2, 0.25) is 0 Å². The Hall–Kier alpha value is -3.55. The summed E-state index contributed by atoms with van der Waals surface area (Å²) in [6.07, 6.45) is 11.7. The number of nitrogens with zero attached hydrogens (tertiary/aromatic N) is 5. The molecule has 8 heteroatoms. The van der Waals surface area contributed by atoms with Gasteiger partial charge in [0, 0.05) is 53.8 Å². The molecule has 2 fully saturated rings. The molecule has 1 saturated carbocycles. The Bertz CT molecular complexity index is 1300. The van der Waals surface area contributed by atoms with Crippen LogP contribution in [-0.4, -0.2) is 55.1 Å². The molecule has 2 N–H and O–H groups in total. The van der Waals surface area contributed by atoms with Gasteiger partial charge in [0.25, 0.3) is 0 Å². The normalized spacial score (nSPS) is 21.0. The fraction of sp³-hybridized carbons (Fsp3) is 0.400. The molecule has 0 atom stereocenters. The summed E-state index contributed by atoms with van der Waals surface area (Å²) in [6.45, 7) is 1.88. The van der Waals surface area contributed by atoms with Crippen LogP contribution in [0.5, 0.6) is 0 Å². The molecular formula is C25H27N7O. The zero-order chi connectivity index (χ0) is 22.2. The average molecular weight is 442 g/mol. The molecule has 0 bridgehead atoms. The van der Waals surface area contributed by atoms with E-state index >= 15 is 0 Å². The quantitative estimate of drug-likeness (QED) is 0.493. The maximum Gasteiger partial charge on any atom is 0.225 e. The lowest BCUT2D eigenvalue weighted by Gasteiger charge is -2.30. The summed E-state index contributed by atoms with van der Waals surface area (Å²) in [5, 5.41) is 13.6. The molecular weight excluding hydrogens is 414 g/mol. The molecule has 0 unspecified atom stereocenters. The van der Waals surface area contributed by atoms with Crippen molar-refractivity contribution in [3.63, 3.8) is 0 Å². The Labute approximate surface area is 191 Å². The number of aromatic nitrogens is 5. The molecule has 0 radical (unpaired) electrons. The summed E-state index contributed by atoms with van der Waals surface area (Å²) in [4.78, 5) is 27.3. The number of rotatable bonds is 4. The number of H-pyrrole nitrogens is 1. The topological polar surface area (TPSA) is 99.7 Å². The first-order chi connectivity index (χ1) is 16.2. The van der Waals surface area contributed by atoms with Crippen molar-refractivity contribution in [1.29, 1.82) is 0 Å². The number of aromatic amines is 1. The van der Waals surface area contributed by atoms with Gasteiger partial charge < -0.3 is 15.2 Å². The van der Waals surface area contributed by atoms with Crippen molar-refractivity contribution in [1.82, 2.24) is 30.0 Å². The van der Waals surface area contributed by atoms with Gasteiger partial charge in [-0.1, -0.05) is 6.07 Å². The summed E-state index contributed by atoms with van der Waals surface area (Å²) in [5.74, 6) is 1.19. The van der Waals surface area contributed by atoms with Crippen molar-refractivity contribution in [2.24, 2.45) is 5.92 Å². The van der Waals surface area contributed by atoms with Crippen LogP contribution in [0.15, 0.2) is 42.9 Å². The number of fused-ring (bicyclic) bond motifs is 2. The van der Waals surface area contributed by atoms with Crippen molar-refractivity contribution in [2.45, 2.75) is 44.6 Å².